The highest BCUT2D eigenvalue weighted by Crippen LogP contribution is 2.20. The molecule has 4 heteroatoms. The van der Waals surface area contributed by atoms with Crippen LogP contribution >= 0.6 is 0 Å². The monoisotopic (exact) mass is 237 g/mol. The van der Waals surface area contributed by atoms with Gasteiger partial charge in [-0.2, -0.15) is 5.10 Å². The van der Waals surface area contributed by atoms with Crippen LogP contribution in [0.25, 0.3) is 0 Å². The summed E-state index contributed by atoms with van der Waals surface area (Å²) in [6.45, 7) is 4.87. The molecule has 2 rings (SSSR count). The molecule has 0 spiro atoms. The molecule has 1 heterocycles. The lowest BCUT2D eigenvalue weighted by Gasteiger charge is -2.25. The molecule has 1 aliphatic carbocycles. The minimum atomic E-state index is 0.374. The van der Waals surface area contributed by atoms with Crippen molar-refractivity contribution in [3.8, 4) is 0 Å². The summed E-state index contributed by atoms with van der Waals surface area (Å²) in [5, 5.41) is 4.48. The summed E-state index contributed by atoms with van der Waals surface area (Å²) in [7, 11) is 0. The Morgan fingerprint density at radius 1 is 1.41 bits per heavy atom. The normalized spacial score (nSPS) is 25.4. The lowest BCUT2D eigenvalue weighted by Crippen LogP contribution is -2.30. The van der Waals surface area contributed by atoms with Crippen LogP contribution < -0.4 is 5.73 Å². The Hall–Kier alpha value is -0.870. The van der Waals surface area contributed by atoms with Gasteiger partial charge in [-0.25, -0.2) is 0 Å². The SMILES string of the molecule is CC(C)n1ccc(COC2CCC(N)CC2)n1. The maximum atomic E-state index is 5.88. The number of nitrogens with two attached hydrogens (primary N) is 1. The third-order valence-electron chi connectivity index (χ3n) is 3.38. The first-order valence-electron chi connectivity index (χ1n) is 6.56. The Labute approximate surface area is 103 Å². The van der Waals surface area contributed by atoms with Gasteiger partial charge in [-0.15, -0.1) is 0 Å². The van der Waals surface area contributed by atoms with Crippen LogP contribution in [0, 0.1) is 0 Å². The molecule has 17 heavy (non-hydrogen) atoms. The fraction of sp³-hybridized carbons (Fsp3) is 0.769. The first-order chi connectivity index (χ1) is 8.15. The molecular weight excluding hydrogens is 214 g/mol. The molecule has 0 bridgehead atoms. The number of hydrogen-bond donors (Lipinski definition) is 1. The van der Waals surface area contributed by atoms with Crippen LogP contribution in [0.1, 0.15) is 51.3 Å². The van der Waals surface area contributed by atoms with E-state index in [0.717, 1.165) is 31.4 Å². The van der Waals surface area contributed by atoms with E-state index in [1.54, 1.807) is 0 Å². The molecule has 0 unspecified atom stereocenters. The van der Waals surface area contributed by atoms with Crippen LogP contribution in [-0.2, 0) is 11.3 Å². The Morgan fingerprint density at radius 3 is 2.71 bits per heavy atom. The van der Waals surface area contributed by atoms with Gasteiger partial charge < -0.3 is 10.5 Å². The van der Waals surface area contributed by atoms with Crippen LogP contribution in [0.2, 0.25) is 0 Å². The maximum Gasteiger partial charge on any atom is 0.0910 e. The van der Waals surface area contributed by atoms with Crippen molar-refractivity contribution in [3.05, 3.63) is 18.0 Å². The quantitative estimate of drug-likeness (QED) is 0.874. The summed E-state index contributed by atoms with van der Waals surface area (Å²) in [6.07, 6.45) is 6.74. The smallest absolute Gasteiger partial charge is 0.0910 e. The standard InChI is InChI=1S/C13H23N3O/c1-10(2)16-8-7-12(15-16)9-17-13-5-3-11(14)4-6-13/h7-8,10-11,13H,3-6,9,14H2,1-2H3. The lowest BCUT2D eigenvalue weighted by molar-refractivity contribution is 0.0120. The predicted octanol–water partition coefficient (Wildman–Crippen LogP) is 2.25. The largest absolute Gasteiger partial charge is 0.372 e. The van der Waals surface area contributed by atoms with Crippen LogP contribution in [0.5, 0.6) is 0 Å². The van der Waals surface area contributed by atoms with E-state index < -0.39 is 0 Å². The molecular formula is C13H23N3O. The zero-order chi connectivity index (χ0) is 12.3. The Balaban J connectivity index is 1.77. The zero-order valence-electron chi connectivity index (χ0n) is 10.8. The van der Waals surface area contributed by atoms with Gasteiger partial charge in [0.05, 0.1) is 18.4 Å². The van der Waals surface area contributed by atoms with Gasteiger partial charge in [0, 0.05) is 18.3 Å². The summed E-state index contributed by atoms with van der Waals surface area (Å²) >= 11 is 0. The van der Waals surface area contributed by atoms with Gasteiger partial charge in [-0.05, 0) is 45.6 Å². The van der Waals surface area contributed by atoms with E-state index in [-0.39, 0.29) is 0 Å². The fourth-order valence-electron chi connectivity index (χ4n) is 2.20. The first-order valence-corrected chi connectivity index (χ1v) is 6.56. The maximum absolute atomic E-state index is 5.88. The Morgan fingerprint density at radius 2 is 2.12 bits per heavy atom. The summed E-state index contributed by atoms with van der Waals surface area (Å²) in [5.74, 6) is 0. The molecule has 1 aromatic heterocycles. The molecule has 0 atom stereocenters. The molecule has 1 saturated carbocycles. The molecule has 1 aromatic rings. The molecule has 96 valence electrons. The van der Waals surface area contributed by atoms with E-state index in [1.165, 1.54) is 0 Å². The van der Waals surface area contributed by atoms with E-state index in [2.05, 4.69) is 18.9 Å². The molecule has 0 saturated heterocycles. The first kappa shape index (κ1) is 12.6. The van der Waals surface area contributed by atoms with Gasteiger partial charge in [-0.1, -0.05) is 0 Å². The van der Waals surface area contributed by atoms with E-state index in [1.807, 2.05) is 16.9 Å². The second-order valence-corrected chi connectivity index (χ2v) is 5.23. The summed E-state index contributed by atoms with van der Waals surface area (Å²) in [4.78, 5) is 0. The average Bonchev–Trinajstić information content (AvgIpc) is 2.77. The van der Waals surface area contributed by atoms with Crippen LogP contribution in [0.15, 0.2) is 12.3 Å². The van der Waals surface area contributed by atoms with Crippen molar-refractivity contribution >= 4 is 0 Å². The van der Waals surface area contributed by atoms with Gasteiger partial charge in [-0.3, -0.25) is 4.68 Å². The highest BCUT2D eigenvalue weighted by atomic mass is 16.5. The van der Waals surface area contributed by atoms with Gasteiger partial charge in [0.15, 0.2) is 0 Å². The van der Waals surface area contributed by atoms with Crippen LogP contribution in [0.3, 0.4) is 0 Å². The van der Waals surface area contributed by atoms with E-state index >= 15 is 0 Å². The van der Waals surface area contributed by atoms with Crippen molar-refractivity contribution in [2.24, 2.45) is 5.73 Å². The number of ether oxygens (including phenoxy) is 1. The third-order valence-corrected chi connectivity index (χ3v) is 3.38. The molecule has 2 N–H and O–H groups in total. The Bertz CT molecular complexity index is 340. The molecule has 0 radical (unpaired) electrons. The van der Waals surface area contributed by atoms with E-state index in [9.17, 15) is 0 Å². The predicted molar refractivity (Wildman–Crippen MR) is 67.6 cm³/mol. The van der Waals surface area contributed by atoms with Crippen molar-refractivity contribution in [2.75, 3.05) is 0 Å². The minimum Gasteiger partial charge on any atom is -0.372 e. The number of hydrogen-bond acceptors (Lipinski definition) is 3. The summed E-state index contributed by atoms with van der Waals surface area (Å²) < 4.78 is 7.85. The van der Waals surface area contributed by atoms with Crippen molar-refractivity contribution in [2.45, 2.75) is 64.3 Å². The number of nitrogens with zero attached hydrogens (tertiary/aromatic N) is 2. The lowest BCUT2D eigenvalue weighted by atomic mass is 9.94. The number of rotatable bonds is 4. The number of aromatic nitrogens is 2. The molecule has 0 aliphatic heterocycles. The van der Waals surface area contributed by atoms with Crippen molar-refractivity contribution in [1.82, 2.24) is 9.78 Å². The molecule has 1 aliphatic rings. The fourth-order valence-corrected chi connectivity index (χ4v) is 2.20. The van der Waals surface area contributed by atoms with Gasteiger partial charge in [0.1, 0.15) is 0 Å². The van der Waals surface area contributed by atoms with Crippen LogP contribution in [-0.4, -0.2) is 21.9 Å². The van der Waals surface area contributed by atoms with Gasteiger partial charge in [0.2, 0.25) is 0 Å². The Kier molecular flexibility index (Phi) is 4.18. The summed E-state index contributed by atoms with van der Waals surface area (Å²) in [5.41, 5.74) is 6.89. The van der Waals surface area contributed by atoms with Crippen molar-refractivity contribution < 1.29 is 4.74 Å². The highest BCUT2D eigenvalue weighted by Gasteiger charge is 2.19. The van der Waals surface area contributed by atoms with Crippen molar-refractivity contribution in [1.29, 1.82) is 0 Å². The van der Waals surface area contributed by atoms with Crippen molar-refractivity contribution in [3.63, 3.8) is 0 Å². The van der Waals surface area contributed by atoms with Gasteiger partial charge >= 0.3 is 0 Å². The minimum absolute atomic E-state index is 0.374. The van der Waals surface area contributed by atoms with E-state index in [4.69, 9.17) is 10.5 Å². The highest BCUT2D eigenvalue weighted by molar-refractivity contribution is 4.97. The molecule has 1 fully saturated rings. The molecule has 0 aromatic carbocycles. The summed E-state index contributed by atoms with van der Waals surface area (Å²) in [6, 6.07) is 2.83. The van der Waals surface area contributed by atoms with Gasteiger partial charge in [0.25, 0.3) is 0 Å². The third kappa shape index (κ3) is 3.54. The second kappa shape index (κ2) is 5.65. The molecule has 4 nitrogen and oxygen atoms in total. The second-order valence-electron chi connectivity index (χ2n) is 5.23. The zero-order valence-corrected chi connectivity index (χ0v) is 10.8. The molecule has 0 amide bonds. The van der Waals surface area contributed by atoms with Crippen LogP contribution in [0.4, 0.5) is 0 Å². The average molecular weight is 237 g/mol. The van der Waals surface area contributed by atoms with E-state index in [0.29, 0.717) is 24.8 Å². The topological polar surface area (TPSA) is 53.1 Å².